The summed E-state index contributed by atoms with van der Waals surface area (Å²) in [6.45, 7) is 0.571. The first-order valence-corrected chi connectivity index (χ1v) is 7.59. The Hall–Kier alpha value is 0.440. The molecule has 0 amide bonds. The molecule has 0 aromatic carbocycles. The molecule has 92 valence electrons. The summed E-state index contributed by atoms with van der Waals surface area (Å²) in [5.74, 6) is 1.05. The molecule has 0 saturated carbocycles. The smallest absolute Gasteiger partial charge is 0.313 e. The second-order valence-electron chi connectivity index (χ2n) is 2.35. The third kappa shape index (κ3) is 25.1. The summed E-state index contributed by atoms with van der Waals surface area (Å²) in [5, 5.41) is 24.5. The van der Waals surface area contributed by atoms with Gasteiger partial charge in [-0.25, -0.2) is 0 Å². The van der Waals surface area contributed by atoms with Gasteiger partial charge in [0, 0.05) is 24.7 Å². The van der Waals surface area contributed by atoms with Crippen molar-refractivity contribution in [2.24, 2.45) is 0 Å². The van der Waals surface area contributed by atoms with Crippen LogP contribution in [0.2, 0.25) is 0 Å². The molecule has 0 rings (SSSR count). The molecular weight excluding hydrogens is 256 g/mol. The minimum absolute atomic E-state index is 0.0833. The number of carbonyl (C=O) groups is 1. The highest BCUT2D eigenvalue weighted by molar-refractivity contribution is 8.76. The summed E-state index contributed by atoms with van der Waals surface area (Å²) in [7, 11) is 3.53. The monoisotopic (exact) mass is 274 g/mol. The van der Waals surface area contributed by atoms with Crippen LogP contribution in [0.4, 0.5) is 0 Å². The van der Waals surface area contributed by atoms with Crippen LogP contribution in [-0.2, 0) is 4.79 Å². The topological polar surface area (TPSA) is 77.8 Å². The molecule has 0 aromatic heterocycles. The molecule has 4 nitrogen and oxygen atoms in total. The van der Waals surface area contributed by atoms with Crippen LogP contribution in [0.3, 0.4) is 0 Å². The van der Waals surface area contributed by atoms with Crippen molar-refractivity contribution in [1.82, 2.24) is 0 Å². The van der Waals surface area contributed by atoms with Crippen molar-refractivity contribution in [2.75, 3.05) is 30.5 Å². The van der Waals surface area contributed by atoms with E-state index in [9.17, 15) is 4.79 Å². The molecule has 0 atom stereocenters. The third-order valence-electron chi connectivity index (χ3n) is 0.990. The Morgan fingerprint density at radius 3 is 1.60 bits per heavy atom. The largest absolute Gasteiger partial charge is 0.481 e. The number of rotatable bonds is 8. The zero-order valence-electron chi connectivity index (χ0n) is 8.46. The van der Waals surface area contributed by atoms with Crippen LogP contribution < -0.4 is 0 Å². The SMILES string of the molecule is O=C(O)CS.OCCCSSCCCO. The van der Waals surface area contributed by atoms with Crippen molar-refractivity contribution in [3.05, 3.63) is 0 Å². The van der Waals surface area contributed by atoms with Gasteiger partial charge in [0.05, 0.1) is 5.75 Å². The van der Waals surface area contributed by atoms with Crippen molar-refractivity contribution in [3.63, 3.8) is 0 Å². The number of carboxylic acids is 1. The lowest BCUT2D eigenvalue weighted by Gasteiger charge is -1.96. The Balaban J connectivity index is 0. The van der Waals surface area contributed by atoms with E-state index in [1.165, 1.54) is 0 Å². The Kier molecular flexibility index (Phi) is 20.0. The predicted molar refractivity (Wildman–Crippen MR) is 69.8 cm³/mol. The second kappa shape index (κ2) is 16.9. The van der Waals surface area contributed by atoms with Gasteiger partial charge >= 0.3 is 5.97 Å². The highest BCUT2D eigenvalue weighted by Crippen LogP contribution is 2.21. The predicted octanol–water partition coefficient (Wildman–Crippen LogP) is 1.13. The number of hydrogen-bond acceptors (Lipinski definition) is 6. The van der Waals surface area contributed by atoms with Gasteiger partial charge in [-0.3, -0.25) is 4.79 Å². The van der Waals surface area contributed by atoms with Gasteiger partial charge < -0.3 is 15.3 Å². The molecular formula is C8H18O4S3. The first kappa shape index (κ1) is 17.8. The molecule has 7 heteroatoms. The quantitative estimate of drug-likeness (QED) is 0.302. The van der Waals surface area contributed by atoms with Crippen LogP contribution in [0, 0.1) is 0 Å². The average molecular weight is 274 g/mol. The van der Waals surface area contributed by atoms with Crippen molar-refractivity contribution < 1.29 is 20.1 Å². The summed E-state index contributed by atoms with van der Waals surface area (Å²) >= 11 is 3.42. The number of aliphatic carboxylic acids is 1. The Labute approximate surface area is 104 Å². The lowest BCUT2D eigenvalue weighted by atomic mass is 10.5. The lowest BCUT2D eigenvalue weighted by molar-refractivity contribution is -0.133. The molecule has 3 N–H and O–H groups in total. The summed E-state index contributed by atoms with van der Waals surface area (Å²) in [6, 6.07) is 0. The molecule has 0 radical (unpaired) electrons. The second-order valence-corrected chi connectivity index (χ2v) is 5.37. The van der Waals surface area contributed by atoms with Gasteiger partial charge in [-0.05, 0) is 12.8 Å². The highest BCUT2D eigenvalue weighted by atomic mass is 33.1. The van der Waals surface area contributed by atoms with E-state index in [-0.39, 0.29) is 19.0 Å². The van der Waals surface area contributed by atoms with E-state index < -0.39 is 5.97 Å². The molecule has 0 aliphatic rings. The van der Waals surface area contributed by atoms with Crippen LogP contribution in [-0.4, -0.2) is 51.8 Å². The molecule has 15 heavy (non-hydrogen) atoms. The first-order valence-electron chi connectivity index (χ1n) is 4.47. The molecule has 0 spiro atoms. The van der Waals surface area contributed by atoms with Crippen LogP contribution >= 0.6 is 34.2 Å². The van der Waals surface area contributed by atoms with Gasteiger partial charge in [0.25, 0.3) is 0 Å². The lowest BCUT2D eigenvalue weighted by Crippen LogP contribution is -1.92. The Bertz CT molecular complexity index is 127. The fourth-order valence-corrected chi connectivity index (χ4v) is 2.51. The molecule has 0 aliphatic heterocycles. The fourth-order valence-electron chi connectivity index (χ4n) is 0.365. The van der Waals surface area contributed by atoms with Gasteiger partial charge in [0.1, 0.15) is 0 Å². The van der Waals surface area contributed by atoms with E-state index in [1.54, 1.807) is 21.6 Å². The molecule has 0 aromatic rings. The summed E-state index contributed by atoms with van der Waals surface area (Å²) in [6.07, 6.45) is 1.74. The van der Waals surface area contributed by atoms with E-state index in [0.717, 1.165) is 24.3 Å². The van der Waals surface area contributed by atoms with Gasteiger partial charge in [-0.1, -0.05) is 21.6 Å². The zero-order chi connectivity index (χ0) is 11.9. The summed E-state index contributed by atoms with van der Waals surface area (Å²) in [4.78, 5) is 9.29. The number of carboxylic acid groups (broad SMARTS) is 1. The number of hydrogen-bond donors (Lipinski definition) is 4. The fraction of sp³-hybridized carbons (Fsp3) is 0.875. The van der Waals surface area contributed by atoms with E-state index in [2.05, 4.69) is 12.6 Å². The number of aliphatic hydroxyl groups is 2. The third-order valence-corrected chi connectivity index (χ3v) is 3.84. The van der Waals surface area contributed by atoms with Crippen molar-refractivity contribution in [3.8, 4) is 0 Å². The van der Waals surface area contributed by atoms with Crippen molar-refractivity contribution >= 4 is 40.2 Å². The van der Waals surface area contributed by atoms with Gasteiger partial charge in [-0.2, -0.15) is 12.6 Å². The first-order chi connectivity index (χ1) is 7.18. The van der Waals surface area contributed by atoms with Crippen LogP contribution in [0.1, 0.15) is 12.8 Å². The maximum Gasteiger partial charge on any atom is 0.313 e. The maximum atomic E-state index is 9.29. The average Bonchev–Trinajstić information content (AvgIpc) is 2.24. The standard InChI is InChI=1S/C6H14O2S2.C2H4O2S/c7-3-1-5-9-10-6-2-4-8;3-2(4)1-5/h7-8H,1-6H2;5H,1H2,(H,3,4). The van der Waals surface area contributed by atoms with E-state index >= 15 is 0 Å². The number of aliphatic hydroxyl groups excluding tert-OH is 2. The highest BCUT2D eigenvalue weighted by Gasteiger charge is 1.89. The van der Waals surface area contributed by atoms with Gasteiger partial charge in [0.15, 0.2) is 0 Å². The summed E-state index contributed by atoms with van der Waals surface area (Å²) < 4.78 is 0. The van der Waals surface area contributed by atoms with Crippen LogP contribution in [0.5, 0.6) is 0 Å². The van der Waals surface area contributed by atoms with E-state index in [0.29, 0.717) is 0 Å². The molecule has 0 bridgehead atoms. The molecule has 0 saturated heterocycles. The Morgan fingerprint density at radius 1 is 1.07 bits per heavy atom. The minimum atomic E-state index is -0.881. The van der Waals surface area contributed by atoms with Crippen LogP contribution in [0.25, 0.3) is 0 Å². The maximum absolute atomic E-state index is 9.29. The normalized spacial score (nSPS) is 9.27. The molecule has 0 fully saturated rings. The molecule has 0 heterocycles. The molecule has 0 unspecified atom stereocenters. The van der Waals surface area contributed by atoms with E-state index in [4.69, 9.17) is 15.3 Å². The number of thiol groups is 1. The van der Waals surface area contributed by atoms with Gasteiger partial charge in [0.2, 0.25) is 0 Å². The van der Waals surface area contributed by atoms with E-state index in [1.807, 2.05) is 0 Å². The molecule has 0 aliphatic carbocycles. The van der Waals surface area contributed by atoms with Crippen molar-refractivity contribution in [2.45, 2.75) is 12.8 Å². The zero-order valence-corrected chi connectivity index (χ0v) is 11.0. The minimum Gasteiger partial charge on any atom is -0.481 e. The van der Waals surface area contributed by atoms with Gasteiger partial charge in [-0.15, -0.1) is 0 Å². The Morgan fingerprint density at radius 2 is 1.40 bits per heavy atom. The van der Waals surface area contributed by atoms with Crippen molar-refractivity contribution in [1.29, 1.82) is 0 Å². The summed E-state index contributed by atoms with van der Waals surface area (Å²) in [5.41, 5.74) is 0. The van der Waals surface area contributed by atoms with Crippen LogP contribution in [0.15, 0.2) is 0 Å².